The van der Waals surface area contributed by atoms with E-state index in [1.165, 1.54) is 0 Å². The van der Waals surface area contributed by atoms with Crippen LogP contribution in [-0.4, -0.2) is 19.5 Å². The predicted molar refractivity (Wildman–Crippen MR) is 90.0 cm³/mol. The molecule has 0 aliphatic heterocycles. The smallest absolute Gasteiger partial charge is 0.361 e. The number of hydrogen-bond donors (Lipinski definition) is 1. The number of aryl methyl sites for hydroxylation is 1. The van der Waals surface area contributed by atoms with Crippen LogP contribution in [-0.2, 0) is 12.1 Å². The van der Waals surface area contributed by atoms with Crippen LogP contribution in [0.2, 0.25) is 0 Å². The number of aromatic amines is 1. The van der Waals surface area contributed by atoms with Gasteiger partial charge in [0.25, 0.3) is 0 Å². The number of aromatic nitrogens is 4. The Morgan fingerprint density at radius 3 is 2.41 bits per heavy atom. The summed E-state index contributed by atoms with van der Waals surface area (Å²) in [4.78, 5) is 10.5. The molecule has 0 aliphatic rings. The number of alkyl halides is 5. The summed E-state index contributed by atoms with van der Waals surface area (Å²) in [6.45, 7) is 2.43. The van der Waals surface area contributed by atoms with Crippen LogP contribution in [0.25, 0.3) is 27.8 Å². The number of rotatable bonds is 2. The molecule has 0 aliphatic carbocycles. The first-order valence-corrected chi connectivity index (χ1v) is 7.99. The van der Waals surface area contributed by atoms with Crippen LogP contribution in [0.4, 0.5) is 22.0 Å². The highest BCUT2D eigenvalue weighted by molar-refractivity contribution is 5.86. The summed E-state index contributed by atoms with van der Waals surface area (Å²) >= 11 is 0. The third kappa shape index (κ3) is 2.83. The van der Waals surface area contributed by atoms with E-state index in [2.05, 4.69) is 15.0 Å². The summed E-state index contributed by atoms with van der Waals surface area (Å²) in [7, 11) is 0. The molecular weight excluding hydrogens is 367 g/mol. The number of hydrogen-bond acceptors (Lipinski definition) is 2. The van der Waals surface area contributed by atoms with Gasteiger partial charge in [0.2, 0.25) is 0 Å². The minimum Gasteiger partial charge on any atom is -0.361 e. The third-order valence-electron chi connectivity index (χ3n) is 4.29. The Balaban J connectivity index is 2.09. The van der Waals surface area contributed by atoms with Crippen LogP contribution >= 0.6 is 0 Å². The molecule has 140 valence electrons. The van der Waals surface area contributed by atoms with Crippen molar-refractivity contribution in [3.63, 3.8) is 0 Å². The molecule has 3 aromatic heterocycles. The largest absolute Gasteiger partial charge is 0.433 e. The van der Waals surface area contributed by atoms with Crippen LogP contribution in [0.1, 0.15) is 24.0 Å². The van der Waals surface area contributed by atoms with Crippen LogP contribution in [0.15, 0.2) is 36.5 Å². The summed E-state index contributed by atoms with van der Waals surface area (Å²) in [5.41, 5.74) is 0.373. The van der Waals surface area contributed by atoms with Crippen LogP contribution in [0, 0.1) is 6.92 Å². The minimum absolute atomic E-state index is 0.0358. The van der Waals surface area contributed by atoms with Crippen molar-refractivity contribution in [2.45, 2.75) is 25.9 Å². The predicted octanol–water partition coefficient (Wildman–Crippen LogP) is 5.34. The molecule has 0 radical (unpaired) electrons. The summed E-state index contributed by atoms with van der Waals surface area (Å²) in [5, 5.41) is 0.740. The average Bonchev–Trinajstić information content (AvgIpc) is 3.17. The average molecular weight is 380 g/mol. The highest BCUT2D eigenvalue weighted by Crippen LogP contribution is 2.35. The molecule has 3 heterocycles. The second kappa shape index (κ2) is 5.51. The topological polar surface area (TPSA) is 46.5 Å². The van der Waals surface area contributed by atoms with Gasteiger partial charge in [0.05, 0.1) is 5.69 Å². The van der Waals surface area contributed by atoms with Crippen molar-refractivity contribution in [2.24, 2.45) is 0 Å². The zero-order valence-corrected chi connectivity index (χ0v) is 14.2. The molecule has 0 saturated carbocycles. The summed E-state index contributed by atoms with van der Waals surface area (Å²) in [6.07, 6.45) is -3.00. The van der Waals surface area contributed by atoms with Gasteiger partial charge >= 0.3 is 12.1 Å². The number of benzene rings is 1. The zero-order valence-electron chi connectivity index (χ0n) is 14.2. The van der Waals surface area contributed by atoms with Crippen LogP contribution in [0.5, 0.6) is 0 Å². The van der Waals surface area contributed by atoms with Gasteiger partial charge in [-0.25, -0.2) is 9.97 Å². The van der Waals surface area contributed by atoms with Crippen molar-refractivity contribution in [3.8, 4) is 5.69 Å². The maximum absolute atomic E-state index is 14.2. The number of H-pyrrole nitrogens is 1. The number of imidazole rings is 1. The fraction of sp³-hybridized carbons (Fsp3) is 0.222. The molecule has 0 atom stereocenters. The van der Waals surface area contributed by atoms with Gasteiger partial charge in [-0.05, 0) is 42.8 Å². The fourth-order valence-corrected chi connectivity index (χ4v) is 3.12. The van der Waals surface area contributed by atoms with Gasteiger partial charge in [-0.2, -0.15) is 22.0 Å². The maximum Gasteiger partial charge on any atom is 0.433 e. The van der Waals surface area contributed by atoms with E-state index < -0.39 is 23.6 Å². The van der Waals surface area contributed by atoms with Crippen molar-refractivity contribution in [2.75, 3.05) is 0 Å². The quantitative estimate of drug-likeness (QED) is 0.477. The van der Waals surface area contributed by atoms with Gasteiger partial charge in [0.1, 0.15) is 11.2 Å². The first kappa shape index (κ1) is 17.4. The van der Waals surface area contributed by atoms with Gasteiger partial charge in [-0.3, -0.25) is 4.57 Å². The van der Waals surface area contributed by atoms with E-state index in [1.807, 2.05) is 0 Å². The highest BCUT2D eigenvalue weighted by Gasteiger charge is 2.36. The Morgan fingerprint density at radius 2 is 1.74 bits per heavy atom. The molecule has 0 bridgehead atoms. The zero-order chi connectivity index (χ0) is 19.6. The summed E-state index contributed by atoms with van der Waals surface area (Å²) in [5.74, 6) is -4.04. The Morgan fingerprint density at radius 1 is 1.00 bits per heavy atom. The molecule has 4 rings (SSSR count). The molecule has 9 heteroatoms. The summed E-state index contributed by atoms with van der Waals surface area (Å²) in [6, 6.07) is 6.76. The van der Waals surface area contributed by atoms with Crippen molar-refractivity contribution >= 4 is 22.1 Å². The minimum atomic E-state index is -4.70. The Hall–Kier alpha value is -2.97. The van der Waals surface area contributed by atoms with Gasteiger partial charge in [0.15, 0.2) is 11.5 Å². The lowest BCUT2D eigenvalue weighted by Crippen LogP contribution is -2.16. The molecule has 27 heavy (non-hydrogen) atoms. The van der Waals surface area contributed by atoms with Gasteiger partial charge in [-0.1, -0.05) is 0 Å². The van der Waals surface area contributed by atoms with Crippen LogP contribution in [0.3, 0.4) is 0 Å². The number of fused-ring (bicyclic) bond motifs is 2. The SMILES string of the molecule is Cc1cc(-n2c(C(C)(F)F)nc3ccc(C(F)(F)F)nc32)cc2cc[nH]c12. The van der Waals surface area contributed by atoms with E-state index in [0.717, 1.165) is 33.2 Å². The fourth-order valence-electron chi connectivity index (χ4n) is 3.12. The molecule has 0 spiro atoms. The van der Waals surface area contributed by atoms with Gasteiger partial charge < -0.3 is 4.98 Å². The third-order valence-corrected chi connectivity index (χ3v) is 4.29. The number of halogens is 5. The van der Waals surface area contributed by atoms with E-state index in [-0.39, 0.29) is 16.9 Å². The lowest BCUT2D eigenvalue weighted by molar-refractivity contribution is -0.141. The molecule has 1 aromatic carbocycles. The van der Waals surface area contributed by atoms with Crippen molar-refractivity contribution in [1.29, 1.82) is 0 Å². The maximum atomic E-state index is 14.2. The molecular formula is C18H13F5N4. The molecule has 0 fully saturated rings. The van der Waals surface area contributed by atoms with E-state index in [9.17, 15) is 22.0 Å². The highest BCUT2D eigenvalue weighted by atomic mass is 19.4. The number of nitrogens with one attached hydrogen (secondary N) is 1. The van der Waals surface area contributed by atoms with E-state index >= 15 is 0 Å². The Labute approximate surface area is 149 Å². The molecule has 0 saturated heterocycles. The van der Waals surface area contributed by atoms with E-state index in [0.29, 0.717) is 6.92 Å². The number of pyridine rings is 1. The van der Waals surface area contributed by atoms with Crippen LogP contribution < -0.4 is 0 Å². The lowest BCUT2D eigenvalue weighted by Gasteiger charge is -2.15. The molecule has 0 amide bonds. The van der Waals surface area contributed by atoms with E-state index in [4.69, 9.17) is 0 Å². The monoisotopic (exact) mass is 380 g/mol. The van der Waals surface area contributed by atoms with E-state index in [1.54, 1.807) is 31.3 Å². The van der Waals surface area contributed by atoms with Crippen molar-refractivity contribution in [3.05, 3.63) is 53.6 Å². The number of nitrogens with zero attached hydrogens (tertiary/aromatic N) is 3. The molecule has 4 aromatic rings. The van der Waals surface area contributed by atoms with Crippen molar-refractivity contribution < 1.29 is 22.0 Å². The van der Waals surface area contributed by atoms with Gasteiger partial charge in [-0.15, -0.1) is 0 Å². The second-order valence-electron chi connectivity index (χ2n) is 6.40. The van der Waals surface area contributed by atoms with Gasteiger partial charge in [0, 0.05) is 24.0 Å². The molecule has 0 unspecified atom stereocenters. The Kier molecular flexibility index (Phi) is 3.56. The first-order valence-electron chi connectivity index (χ1n) is 7.99. The summed E-state index contributed by atoms with van der Waals surface area (Å²) < 4.78 is 68.6. The second-order valence-corrected chi connectivity index (χ2v) is 6.40. The molecule has 4 nitrogen and oxygen atoms in total. The standard InChI is InChI=1S/C18H13F5N4/c1-9-7-11(8-10-5-6-24-14(9)10)27-15-12(25-16(27)17(2,19)20)3-4-13(26-15)18(21,22)23/h3-8,24H,1-2H3. The lowest BCUT2D eigenvalue weighted by atomic mass is 10.1. The normalized spacial score (nSPS) is 13.0. The first-order chi connectivity index (χ1) is 12.6. The molecule has 1 N–H and O–H groups in total. The van der Waals surface area contributed by atoms with Crippen molar-refractivity contribution in [1.82, 2.24) is 19.5 Å². The Bertz CT molecular complexity index is 1160.